The minimum absolute atomic E-state index is 2.00. The summed E-state index contributed by atoms with van der Waals surface area (Å²) < 4.78 is 48.2. The molecule has 0 aromatic carbocycles. The Morgan fingerprint density at radius 2 is 0.348 bits per heavy atom. The SMILES string of the molecule is CN(C)P(=NP(O)(N=P(N(C)C)(N(C)C)N(C)C)(N=P(N(C)C)(N(C)C)N(C)C)N=P(N(C)C)(N(C)C)N(C)C)(N(C)C)N(C)C. The summed E-state index contributed by atoms with van der Waals surface area (Å²) in [6.45, 7) is 0. The molecule has 0 saturated heterocycles. The third kappa shape index (κ3) is 8.47. The van der Waals surface area contributed by atoms with E-state index in [9.17, 15) is 4.89 Å². The molecule has 280 valence electrons. The Hall–Kier alpha value is 0.830. The molecule has 0 saturated carbocycles. The molecule has 0 spiro atoms. The molecular weight excluding hydrogens is 683 g/mol. The van der Waals surface area contributed by atoms with Crippen molar-refractivity contribution in [2.24, 2.45) is 18.1 Å². The van der Waals surface area contributed by atoms with E-state index in [-0.39, 0.29) is 0 Å². The second kappa shape index (κ2) is 16.4. The fourth-order valence-electron chi connectivity index (χ4n) is 6.22. The molecule has 0 aliphatic carbocycles. The average Bonchev–Trinajstić information content (AvgIpc) is 2.86. The molecule has 0 aromatic rings. The summed E-state index contributed by atoms with van der Waals surface area (Å²) in [5.74, 6) is 0. The van der Waals surface area contributed by atoms with Crippen LogP contribution in [-0.2, 0) is 0 Å². The Kier molecular flexibility index (Phi) is 16.7. The molecule has 0 radical (unpaired) electrons. The van der Waals surface area contributed by atoms with Gasteiger partial charge in [0.25, 0.3) is 0 Å². The van der Waals surface area contributed by atoms with Gasteiger partial charge in [0.1, 0.15) is 0 Å². The molecule has 0 unspecified atom stereocenters. The fourth-order valence-corrected chi connectivity index (χ4v) is 32.1. The van der Waals surface area contributed by atoms with E-state index in [1.54, 1.807) is 0 Å². The molecule has 0 fully saturated rings. The summed E-state index contributed by atoms with van der Waals surface area (Å²) in [5.41, 5.74) is 0. The van der Waals surface area contributed by atoms with Crippen LogP contribution in [0.4, 0.5) is 0 Å². The number of rotatable bonds is 16. The molecule has 0 aromatic heterocycles. The first-order valence-corrected chi connectivity index (χ1v) is 23.3. The van der Waals surface area contributed by atoms with E-state index in [1.165, 1.54) is 0 Å². The van der Waals surface area contributed by atoms with Crippen LogP contribution < -0.4 is 0 Å². The third-order valence-electron chi connectivity index (χ3n) is 7.56. The summed E-state index contributed by atoms with van der Waals surface area (Å²) in [4.78, 5) is 14.6. The zero-order chi connectivity index (χ0) is 37.2. The topological polar surface area (TPSA) is 109 Å². The molecule has 0 aliphatic rings. The van der Waals surface area contributed by atoms with Crippen LogP contribution in [0.5, 0.6) is 0 Å². The Balaban J connectivity index is 10.6. The van der Waals surface area contributed by atoms with Gasteiger partial charge in [-0.25, -0.2) is 0 Å². The van der Waals surface area contributed by atoms with E-state index in [0.29, 0.717) is 0 Å². The number of hydrogen-bond donors (Lipinski definition) is 1. The Bertz CT molecular complexity index is 939. The van der Waals surface area contributed by atoms with E-state index in [0.717, 1.165) is 0 Å². The summed E-state index contributed by atoms with van der Waals surface area (Å²) in [5, 5.41) is 0. The first kappa shape index (κ1) is 46.8. The van der Waals surface area contributed by atoms with Gasteiger partial charge in [-0.2, -0.15) is 0 Å². The molecule has 22 heteroatoms. The van der Waals surface area contributed by atoms with Crippen LogP contribution in [0, 0.1) is 0 Å². The van der Waals surface area contributed by atoms with Crippen molar-refractivity contribution in [1.82, 2.24) is 56.0 Å². The molecule has 1 N–H and O–H groups in total. The second-order valence-electron chi connectivity index (χ2n) is 13.6. The molecule has 0 rings (SSSR count). The molecule has 17 nitrogen and oxygen atoms in total. The predicted molar refractivity (Wildman–Crippen MR) is 211 cm³/mol. The monoisotopic (exact) mass is 756 g/mol. The van der Waals surface area contributed by atoms with Gasteiger partial charge >= 0.3 is 286 Å². The van der Waals surface area contributed by atoms with E-state index < -0.39 is 37.5 Å². The van der Waals surface area contributed by atoms with E-state index in [1.807, 2.05) is 169 Å². The zero-order valence-corrected chi connectivity index (χ0v) is 38.3. The van der Waals surface area contributed by atoms with Crippen LogP contribution in [0.25, 0.3) is 0 Å². The molecule has 46 heavy (non-hydrogen) atoms. The molecule has 0 aliphatic heterocycles. The van der Waals surface area contributed by atoms with Gasteiger partial charge in [-0.3, -0.25) is 0 Å². The summed E-state index contributed by atoms with van der Waals surface area (Å²) >= 11 is 0. The van der Waals surface area contributed by atoms with Crippen LogP contribution in [-0.4, -0.2) is 230 Å². The number of hydrogen-bond acceptors (Lipinski definition) is 5. The minimum atomic E-state index is -5.44. The Labute approximate surface area is 285 Å². The summed E-state index contributed by atoms with van der Waals surface area (Å²) in [6, 6.07) is 0. The Morgan fingerprint density at radius 1 is 0.261 bits per heavy atom. The van der Waals surface area contributed by atoms with Gasteiger partial charge in [0.15, 0.2) is 0 Å². The van der Waals surface area contributed by atoms with Gasteiger partial charge in [0.05, 0.1) is 0 Å². The molecule has 0 bridgehead atoms. The van der Waals surface area contributed by atoms with Crippen LogP contribution in [0.1, 0.15) is 0 Å². The van der Waals surface area contributed by atoms with Gasteiger partial charge in [-0.1, -0.05) is 0 Å². The van der Waals surface area contributed by atoms with Crippen LogP contribution in [0.3, 0.4) is 0 Å². The van der Waals surface area contributed by atoms with Crippen LogP contribution >= 0.6 is 37.5 Å². The van der Waals surface area contributed by atoms with Crippen molar-refractivity contribution < 1.29 is 4.89 Å². The normalized spacial score (nSPS) is 15.7. The fraction of sp³-hybridized carbons (Fsp3) is 1.00. The Morgan fingerprint density at radius 3 is 0.413 bits per heavy atom. The molecule has 0 atom stereocenters. The van der Waals surface area contributed by atoms with Crippen molar-refractivity contribution in [2.75, 3.05) is 169 Å². The molecule has 0 heterocycles. The van der Waals surface area contributed by atoms with E-state index in [4.69, 9.17) is 18.1 Å². The van der Waals surface area contributed by atoms with Gasteiger partial charge in [-0.05, 0) is 0 Å². The standard InChI is InChI=1S/C24H73N16OP5/c1-29(2)42(30(3)4,31(5)6)25-46(41,26-43(32(7)8,33(9)10)34(11)12,27-44(35(13)14,36(15)16)37(17)18)28-45(38(19)20,39(21)22)40(23)24/h41H,1-24H3. The van der Waals surface area contributed by atoms with Crippen molar-refractivity contribution in [3.05, 3.63) is 0 Å². The first-order chi connectivity index (χ1) is 20.4. The van der Waals surface area contributed by atoms with Crippen molar-refractivity contribution in [3.63, 3.8) is 0 Å². The number of nitrogens with zero attached hydrogens (tertiary/aromatic N) is 16. The average molecular weight is 757 g/mol. The van der Waals surface area contributed by atoms with Gasteiger partial charge in [0.2, 0.25) is 0 Å². The van der Waals surface area contributed by atoms with Crippen molar-refractivity contribution >= 4 is 37.5 Å². The summed E-state index contributed by atoms with van der Waals surface area (Å²) in [7, 11) is 31.1. The van der Waals surface area contributed by atoms with Gasteiger partial charge in [0, 0.05) is 0 Å². The maximum atomic E-state index is 14.6. The third-order valence-corrected chi connectivity index (χ3v) is 29.4. The quantitative estimate of drug-likeness (QED) is 0.222. The first-order valence-electron chi connectivity index (χ1n) is 14.9. The van der Waals surface area contributed by atoms with Crippen LogP contribution in [0.15, 0.2) is 18.1 Å². The summed E-state index contributed by atoms with van der Waals surface area (Å²) in [6.07, 6.45) is 0. The molecule has 0 amide bonds. The van der Waals surface area contributed by atoms with E-state index >= 15 is 0 Å². The van der Waals surface area contributed by atoms with Crippen molar-refractivity contribution in [2.45, 2.75) is 0 Å². The predicted octanol–water partition coefficient (Wildman–Crippen LogP) is 4.63. The maximum absolute atomic E-state index is 14.6. The van der Waals surface area contributed by atoms with E-state index in [2.05, 4.69) is 56.0 Å². The molecular formula is C24H73N16OP5. The van der Waals surface area contributed by atoms with Gasteiger partial charge < -0.3 is 0 Å². The van der Waals surface area contributed by atoms with Crippen molar-refractivity contribution in [1.29, 1.82) is 0 Å². The van der Waals surface area contributed by atoms with Gasteiger partial charge in [-0.15, -0.1) is 0 Å². The second-order valence-corrected chi connectivity index (χ2v) is 32.1. The van der Waals surface area contributed by atoms with Crippen LogP contribution in [0.2, 0.25) is 0 Å². The van der Waals surface area contributed by atoms with Crippen molar-refractivity contribution in [3.8, 4) is 0 Å². The zero-order valence-electron chi connectivity index (χ0n) is 33.8.